The number of pyridine rings is 1. The molecule has 0 radical (unpaired) electrons. The minimum atomic E-state index is -1.39. The normalized spacial score (nSPS) is 24.8. The molecule has 1 fully saturated rings. The third-order valence-electron chi connectivity index (χ3n) is 4.81. The molecule has 154 valence electrons. The van der Waals surface area contributed by atoms with Crippen molar-refractivity contribution in [3.63, 3.8) is 0 Å². The molecule has 1 heterocycles. The van der Waals surface area contributed by atoms with Crippen molar-refractivity contribution in [2.24, 2.45) is 0 Å². The van der Waals surface area contributed by atoms with E-state index in [1.807, 2.05) is 6.07 Å². The van der Waals surface area contributed by atoms with Gasteiger partial charge in [0, 0.05) is 32.8 Å². The van der Waals surface area contributed by atoms with Gasteiger partial charge < -0.3 is 14.8 Å². The van der Waals surface area contributed by atoms with Crippen molar-refractivity contribution in [3.8, 4) is 0 Å². The van der Waals surface area contributed by atoms with E-state index in [4.69, 9.17) is 21.7 Å². The van der Waals surface area contributed by atoms with Gasteiger partial charge in [-0.3, -0.25) is 15.1 Å². The first-order valence-corrected chi connectivity index (χ1v) is 9.80. The maximum Gasteiger partial charge on any atom is 0.410 e. The number of esters is 1. The van der Waals surface area contributed by atoms with Crippen LogP contribution in [0.3, 0.4) is 0 Å². The lowest BCUT2D eigenvalue weighted by Crippen LogP contribution is -2.70. The lowest BCUT2D eigenvalue weighted by Gasteiger charge is -2.52. The molecule has 1 aliphatic carbocycles. The van der Waals surface area contributed by atoms with Crippen molar-refractivity contribution >= 4 is 29.3 Å². The summed E-state index contributed by atoms with van der Waals surface area (Å²) < 4.78 is 11.3. The second kappa shape index (κ2) is 8.43. The van der Waals surface area contributed by atoms with Crippen molar-refractivity contribution in [2.45, 2.75) is 70.1 Å². The van der Waals surface area contributed by atoms with Gasteiger partial charge in [-0.2, -0.15) is 0 Å². The molecular weight excluding hydrogens is 378 g/mol. The highest BCUT2D eigenvalue weighted by atomic mass is 32.1. The van der Waals surface area contributed by atoms with Gasteiger partial charge in [0.2, 0.25) is 5.72 Å². The molecule has 28 heavy (non-hydrogen) atoms. The zero-order valence-electron chi connectivity index (χ0n) is 17.1. The standard InChI is InChI=1S/C20H29N3O4S/c1-14(24)26-20(23-17(25)27-18(2,3)4)11-7-6-10-19(20,16(28)21-5)15-9-8-12-22-13-15/h8-9,12-13H,6-7,10-11H2,1-5H3,(H,21,28)(H,23,25). The summed E-state index contributed by atoms with van der Waals surface area (Å²) in [5.41, 5.74) is -2.28. The van der Waals surface area contributed by atoms with E-state index in [9.17, 15) is 9.59 Å². The molecule has 0 aromatic carbocycles. The Hall–Kier alpha value is -2.22. The molecular formula is C20H29N3O4S. The topological polar surface area (TPSA) is 89.6 Å². The number of amides is 1. The smallest absolute Gasteiger partial charge is 0.410 e. The van der Waals surface area contributed by atoms with E-state index in [1.54, 1.807) is 46.3 Å². The van der Waals surface area contributed by atoms with Gasteiger partial charge in [0.15, 0.2) is 0 Å². The number of nitrogens with one attached hydrogen (secondary N) is 2. The van der Waals surface area contributed by atoms with Crippen LogP contribution in [0, 0.1) is 0 Å². The summed E-state index contributed by atoms with van der Waals surface area (Å²) >= 11 is 5.71. The molecule has 0 saturated heterocycles. The minimum absolute atomic E-state index is 0.405. The fourth-order valence-electron chi connectivity index (χ4n) is 3.86. The van der Waals surface area contributed by atoms with E-state index in [0.717, 1.165) is 18.4 Å². The van der Waals surface area contributed by atoms with Gasteiger partial charge in [-0.15, -0.1) is 0 Å². The first kappa shape index (κ1) is 22.1. The zero-order valence-corrected chi connectivity index (χ0v) is 17.9. The van der Waals surface area contributed by atoms with Gasteiger partial charge in [0.1, 0.15) is 11.0 Å². The molecule has 0 spiro atoms. The van der Waals surface area contributed by atoms with Crippen molar-refractivity contribution < 1.29 is 19.1 Å². The van der Waals surface area contributed by atoms with Crippen LogP contribution in [0.2, 0.25) is 0 Å². The Morgan fingerprint density at radius 1 is 1.25 bits per heavy atom. The molecule has 1 aromatic rings. The van der Waals surface area contributed by atoms with E-state index in [0.29, 0.717) is 17.8 Å². The first-order valence-electron chi connectivity index (χ1n) is 9.40. The van der Waals surface area contributed by atoms with Crippen LogP contribution in [0.5, 0.6) is 0 Å². The summed E-state index contributed by atoms with van der Waals surface area (Å²) in [6.07, 6.45) is 5.31. The van der Waals surface area contributed by atoms with Crippen molar-refractivity contribution in [2.75, 3.05) is 7.05 Å². The van der Waals surface area contributed by atoms with E-state index in [1.165, 1.54) is 6.92 Å². The molecule has 0 bridgehead atoms. The Kier molecular flexibility index (Phi) is 6.64. The fraction of sp³-hybridized carbons (Fsp3) is 0.600. The lowest BCUT2D eigenvalue weighted by molar-refractivity contribution is -0.172. The highest BCUT2D eigenvalue weighted by Crippen LogP contribution is 2.48. The number of aromatic nitrogens is 1. The Balaban J connectivity index is 2.64. The molecule has 1 aliphatic rings. The van der Waals surface area contributed by atoms with Crippen molar-refractivity contribution in [3.05, 3.63) is 30.1 Å². The van der Waals surface area contributed by atoms with Crippen LogP contribution >= 0.6 is 12.2 Å². The molecule has 1 aromatic heterocycles. The summed E-state index contributed by atoms with van der Waals surface area (Å²) in [7, 11) is 1.72. The first-order chi connectivity index (χ1) is 13.1. The average Bonchev–Trinajstić information content (AvgIpc) is 2.60. The number of likely N-dealkylation sites (N-methyl/N-ethyl adjacent to an activating group) is 1. The largest absolute Gasteiger partial charge is 0.444 e. The third-order valence-corrected chi connectivity index (χ3v) is 5.36. The molecule has 7 nitrogen and oxygen atoms in total. The van der Waals surface area contributed by atoms with Gasteiger partial charge in [0.05, 0.1) is 4.99 Å². The summed E-state index contributed by atoms with van der Waals surface area (Å²) in [5.74, 6) is -0.509. The van der Waals surface area contributed by atoms with E-state index in [2.05, 4.69) is 15.6 Å². The Morgan fingerprint density at radius 2 is 1.93 bits per heavy atom. The second-order valence-corrected chi connectivity index (χ2v) is 8.39. The van der Waals surface area contributed by atoms with Gasteiger partial charge in [-0.25, -0.2) is 4.79 Å². The molecule has 1 amide bonds. The van der Waals surface area contributed by atoms with Gasteiger partial charge in [0.25, 0.3) is 0 Å². The second-order valence-electron chi connectivity index (χ2n) is 7.98. The number of alkyl carbamates (subject to hydrolysis) is 1. The Bertz CT molecular complexity index is 735. The summed E-state index contributed by atoms with van der Waals surface area (Å²) in [6.45, 7) is 6.65. The minimum Gasteiger partial charge on any atom is -0.444 e. The van der Waals surface area contributed by atoms with Crippen LogP contribution < -0.4 is 10.6 Å². The van der Waals surface area contributed by atoms with Gasteiger partial charge in [-0.1, -0.05) is 24.7 Å². The van der Waals surface area contributed by atoms with Crippen LogP contribution in [0.4, 0.5) is 4.79 Å². The van der Waals surface area contributed by atoms with Gasteiger partial charge >= 0.3 is 12.1 Å². The predicted octanol–water partition coefficient (Wildman–Crippen LogP) is 3.22. The van der Waals surface area contributed by atoms with Crippen LogP contribution in [-0.4, -0.2) is 40.4 Å². The van der Waals surface area contributed by atoms with E-state index < -0.39 is 28.8 Å². The average molecular weight is 408 g/mol. The quantitative estimate of drug-likeness (QED) is 0.450. The number of carbonyl (C=O) groups is 2. The van der Waals surface area contributed by atoms with Crippen LogP contribution in [-0.2, 0) is 19.7 Å². The number of hydrogen-bond donors (Lipinski definition) is 2. The van der Waals surface area contributed by atoms with Gasteiger partial charge in [-0.05, 0) is 45.2 Å². The summed E-state index contributed by atoms with van der Waals surface area (Å²) in [6, 6.07) is 3.69. The SMILES string of the molecule is CNC(=S)C1(c2cccnc2)CCCCC1(NC(=O)OC(C)(C)C)OC(C)=O. The van der Waals surface area contributed by atoms with E-state index >= 15 is 0 Å². The molecule has 1 saturated carbocycles. The summed E-state index contributed by atoms with van der Waals surface area (Å²) in [5, 5.41) is 5.91. The Labute approximate surface area is 171 Å². The maximum atomic E-state index is 12.7. The Morgan fingerprint density at radius 3 is 2.46 bits per heavy atom. The molecule has 2 atom stereocenters. The van der Waals surface area contributed by atoms with Crippen LogP contribution in [0.1, 0.15) is 58.9 Å². The number of hydrogen-bond acceptors (Lipinski definition) is 6. The monoisotopic (exact) mass is 407 g/mol. The number of nitrogens with zero attached hydrogens (tertiary/aromatic N) is 1. The highest BCUT2D eigenvalue weighted by molar-refractivity contribution is 7.80. The highest BCUT2D eigenvalue weighted by Gasteiger charge is 2.60. The zero-order chi connectivity index (χ0) is 21.0. The number of ether oxygens (including phenoxy) is 2. The fourth-order valence-corrected chi connectivity index (χ4v) is 4.25. The molecule has 2 unspecified atom stereocenters. The molecule has 8 heteroatoms. The molecule has 2 N–H and O–H groups in total. The number of thiocarbonyl (C=S) groups is 1. The predicted molar refractivity (Wildman–Crippen MR) is 110 cm³/mol. The summed E-state index contributed by atoms with van der Waals surface area (Å²) in [4.78, 5) is 29.6. The van der Waals surface area contributed by atoms with Crippen molar-refractivity contribution in [1.82, 2.24) is 15.6 Å². The van der Waals surface area contributed by atoms with Crippen molar-refractivity contribution in [1.29, 1.82) is 0 Å². The lowest BCUT2D eigenvalue weighted by atomic mass is 9.63. The maximum absolute atomic E-state index is 12.7. The van der Waals surface area contributed by atoms with E-state index in [-0.39, 0.29) is 0 Å². The third kappa shape index (κ3) is 4.43. The number of rotatable bonds is 4. The molecule has 0 aliphatic heterocycles. The number of carbonyl (C=O) groups excluding carboxylic acids is 2. The van der Waals surface area contributed by atoms with Crippen LogP contribution in [0.25, 0.3) is 0 Å². The molecule has 2 rings (SSSR count). The van der Waals surface area contributed by atoms with Crippen LogP contribution in [0.15, 0.2) is 24.5 Å².